The summed E-state index contributed by atoms with van der Waals surface area (Å²) in [4.78, 5) is 11.6. The number of carbonyl (C=O) groups is 1. The third kappa shape index (κ3) is 5.28. The normalized spacial score (nSPS) is 36.8. The number of hydrogen-bond donors (Lipinski definition) is 1. The van der Waals surface area contributed by atoms with E-state index in [9.17, 15) is 9.90 Å². The van der Waals surface area contributed by atoms with Crippen LogP contribution < -0.4 is 0 Å². The average molecular weight is 399 g/mol. The van der Waals surface area contributed by atoms with E-state index in [-0.39, 0.29) is 36.5 Å². The number of rotatable bonds is 9. The molecule has 0 bridgehead atoms. The summed E-state index contributed by atoms with van der Waals surface area (Å²) >= 11 is 0. The number of esters is 1. The Morgan fingerprint density at radius 2 is 1.93 bits per heavy atom. The highest BCUT2D eigenvalue weighted by atomic mass is 16.7. The van der Waals surface area contributed by atoms with Crippen molar-refractivity contribution in [3.8, 4) is 0 Å². The highest BCUT2D eigenvalue weighted by Crippen LogP contribution is 2.63. The highest BCUT2D eigenvalue weighted by molar-refractivity contribution is 5.67. The van der Waals surface area contributed by atoms with Crippen molar-refractivity contribution in [1.29, 1.82) is 0 Å². The van der Waals surface area contributed by atoms with E-state index in [4.69, 9.17) is 14.2 Å². The van der Waals surface area contributed by atoms with Crippen LogP contribution in [-0.4, -0.2) is 41.8 Å². The molecule has 2 aliphatic rings. The Bertz CT molecular complexity index is 528. The first-order chi connectivity index (χ1) is 13.0. The van der Waals surface area contributed by atoms with E-state index < -0.39 is 11.0 Å². The molecule has 1 aliphatic carbocycles. The molecule has 0 amide bonds. The Kier molecular flexibility index (Phi) is 7.60. The van der Waals surface area contributed by atoms with Gasteiger partial charge in [-0.05, 0) is 38.0 Å². The Morgan fingerprint density at radius 1 is 1.25 bits per heavy atom. The minimum atomic E-state index is -0.649. The summed E-state index contributed by atoms with van der Waals surface area (Å²) < 4.78 is 18.5. The standard InChI is InChI=1S/C23H42O5/c1-8-10-17(11-12-21(4,5)6)20-26-18(9-2)13-19(27-20)23(15-24)14-22(23,7)28-16(3)25/h17-20,24H,8-15H2,1-7H3. The predicted molar refractivity (Wildman–Crippen MR) is 110 cm³/mol. The van der Waals surface area contributed by atoms with Crippen LogP contribution in [0.1, 0.15) is 93.4 Å². The number of aliphatic hydroxyl groups is 1. The minimum Gasteiger partial charge on any atom is -0.459 e. The smallest absolute Gasteiger partial charge is 0.303 e. The van der Waals surface area contributed by atoms with E-state index in [1.54, 1.807) is 0 Å². The predicted octanol–water partition coefficient (Wildman–Crippen LogP) is 4.84. The summed E-state index contributed by atoms with van der Waals surface area (Å²) in [5, 5.41) is 10.2. The molecule has 0 radical (unpaired) electrons. The molecule has 0 aromatic rings. The summed E-state index contributed by atoms with van der Waals surface area (Å²) in [5.74, 6) is 0.0399. The van der Waals surface area contributed by atoms with E-state index in [0.717, 1.165) is 38.5 Å². The molecule has 6 unspecified atom stereocenters. The Hall–Kier alpha value is -0.650. The van der Waals surface area contributed by atoms with Crippen molar-refractivity contribution in [2.45, 2.75) is 118 Å². The molecular formula is C23H42O5. The topological polar surface area (TPSA) is 65.0 Å². The number of hydrogen-bond acceptors (Lipinski definition) is 5. The average Bonchev–Trinajstić information content (AvgIpc) is 3.21. The first-order valence-corrected chi connectivity index (χ1v) is 11.1. The summed E-state index contributed by atoms with van der Waals surface area (Å²) in [5.41, 5.74) is -0.889. The molecule has 1 aliphatic heterocycles. The molecule has 2 rings (SSSR count). The van der Waals surface area contributed by atoms with E-state index in [1.807, 2.05) is 6.92 Å². The maximum absolute atomic E-state index is 11.6. The molecule has 28 heavy (non-hydrogen) atoms. The van der Waals surface area contributed by atoms with Crippen molar-refractivity contribution in [2.24, 2.45) is 16.7 Å². The molecule has 0 aromatic heterocycles. The van der Waals surface area contributed by atoms with Crippen molar-refractivity contribution in [1.82, 2.24) is 0 Å². The molecule has 5 heteroatoms. The van der Waals surface area contributed by atoms with Crippen LogP contribution in [0, 0.1) is 16.7 Å². The zero-order valence-electron chi connectivity index (χ0n) is 19.0. The van der Waals surface area contributed by atoms with Crippen LogP contribution >= 0.6 is 0 Å². The Morgan fingerprint density at radius 3 is 2.43 bits per heavy atom. The quantitative estimate of drug-likeness (QED) is 0.563. The van der Waals surface area contributed by atoms with Crippen molar-refractivity contribution in [2.75, 3.05) is 6.61 Å². The van der Waals surface area contributed by atoms with Crippen LogP contribution in [0.2, 0.25) is 0 Å². The van der Waals surface area contributed by atoms with Gasteiger partial charge in [0.1, 0.15) is 5.60 Å². The van der Waals surface area contributed by atoms with Crippen LogP contribution in [-0.2, 0) is 19.0 Å². The van der Waals surface area contributed by atoms with Gasteiger partial charge in [0.2, 0.25) is 0 Å². The second-order valence-electron chi connectivity index (χ2n) is 10.4. The van der Waals surface area contributed by atoms with Gasteiger partial charge in [-0.2, -0.15) is 0 Å². The number of ether oxygens (including phenoxy) is 3. The van der Waals surface area contributed by atoms with Gasteiger partial charge in [-0.1, -0.05) is 41.0 Å². The van der Waals surface area contributed by atoms with Crippen molar-refractivity contribution >= 4 is 5.97 Å². The van der Waals surface area contributed by atoms with Crippen LogP contribution in [0.5, 0.6) is 0 Å². The summed E-state index contributed by atoms with van der Waals surface area (Å²) in [6, 6.07) is 0. The summed E-state index contributed by atoms with van der Waals surface area (Å²) in [7, 11) is 0. The van der Waals surface area contributed by atoms with E-state index in [0.29, 0.717) is 12.3 Å². The molecule has 1 saturated heterocycles. The molecule has 5 nitrogen and oxygen atoms in total. The van der Waals surface area contributed by atoms with E-state index >= 15 is 0 Å². The zero-order valence-corrected chi connectivity index (χ0v) is 19.0. The monoisotopic (exact) mass is 398 g/mol. The van der Waals surface area contributed by atoms with Gasteiger partial charge in [-0.3, -0.25) is 4.79 Å². The van der Waals surface area contributed by atoms with Crippen molar-refractivity contribution < 1.29 is 24.1 Å². The van der Waals surface area contributed by atoms with Gasteiger partial charge in [0.25, 0.3) is 0 Å². The minimum absolute atomic E-state index is 0.0367. The van der Waals surface area contributed by atoms with E-state index in [1.165, 1.54) is 6.92 Å². The summed E-state index contributed by atoms with van der Waals surface area (Å²) in [6.07, 6.45) is 6.36. The highest BCUT2D eigenvalue weighted by Gasteiger charge is 2.72. The molecular weight excluding hydrogens is 356 g/mol. The first kappa shape index (κ1) is 23.6. The molecule has 1 heterocycles. The number of aliphatic hydroxyl groups excluding tert-OH is 1. The fourth-order valence-corrected chi connectivity index (χ4v) is 4.77. The van der Waals surface area contributed by atoms with Gasteiger partial charge < -0.3 is 19.3 Å². The van der Waals surface area contributed by atoms with Crippen LogP contribution in [0.15, 0.2) is 0 Å². The maximum Gasteiger partial charge on any atom is 0.303 e. The van der Waals surface area contributed by atoms with Gasteiger partial charge in [-0.25, -0.2) is 0 Å². The van der Waals surface area contributed by atoms with Gasteiger partial charge in [0.05, 0.1) is 24.2 Å². The largest absolute Gasteiger partial charge is 0.459 e. The summed E-state index contributed by atoms with van der Waals surface area (Å²) in [6.45, 7) is 14.5. The fourth-order valence-electron chi connectivity index (χ4n) is 4.77. The van der Waals surface area contributed by atoms with Crippen LogP contribution in [0.25, 0.3) is 0 Å². The molecule has 1 saturated carbocycles. The molecule has 0 aromatic carbocycles. The van der Waals surface area contributed by atoms with Crippen molar-refractivity contribution in [3.05, 3.63) is 0 Å². The van der Waals surface area contributed by atoms with Gasteiger partial charge in [0.15, 0.2) is 6.29 Å². The lowest BCUT2D eigenvalue weighted by Gasteiger charge is -2.43. The Balaban J connectivity index is 2.17. The van der Waals surface area contributed by atoms with Gasteiger partial charge >= 0.3 is 5.97 Å². The maximum atomic E-state index is 11.6. The second kappa shape index (κ2) is 9.01. The third-order valence-electron chi connectivity index (χ3n) is 6.72. The lowest BCUT2D eigenvalue weighted by atomic mass is 9.84. The Labute approximate surface area is 171 Å². The van der Waals surface area contributed by atoms with Gasteiger partial charge in [-0.15, -0.1) is 0 Å². The zero-order chi connectivity index (χ0) is 21.2. The molecule has 6 atom stereocenters. The molecule has 2 fully saturated rings. The van der Waals surface area contributed by atoms with Crippen LogP contribution in [0.4, 0.5) is 0 Å². The van der Waals surface area contributed by atoms with Gasteiger partial charge in [0, 0.05) is 25.7 Å². The first-order valence-electron chi connectivity index (χ1n) is 11.1. The van der Waals surface area contributed by atoms with E-state index in [2.05, 4.69) is 34.6 Å². The van der Waals surface area contributed by atoms with Crippen LogP contribution in [0.3, 0.4) is 0 Å². The second-order valence-corrected chi connectivity index (χ2v) is 10.4. The molecule has 164 valence electrons. The third-order valence-corrected chi connectivity index (χ3v) is 6.72. The SMILES string of the molecule is CCCC(CCC(C)(C)C)C1OC(CC)CC(C2(CO)CC2(C)OC(C)=O)O1. The lowest BCUT2D eigenvalue weighted by molar-refractivity contribution is -0.284. The molecule has 0 spiro atoms. The van der Waals surface area contributed by atoms with Crippen molar-refractivity contribution in [3.63, 3.8) is 0 Å². The molecule has 1 N–H and O–H groups in total. The fraction of sp³-hybridized carbons (Fsp3) is 0.957. The number of carbonyl (C=O) groups excluding carboxylic acids is 1. The lowest BCUT2D eigenvalue weighted by Crippen LogP contribution is -2.49.